The summed E-state index contributed by atoms with van der Waals surface area (Å²) in [5, 5.41) is 1.07. The molecule has 102 valence electrons. The van der Waals surface area contributed by atoms with E-state index in [9.17, 15) is 0 Å². The van der Waals surface area contributed by atoms with Gasteiger partial charge in [-0.25, -0.2) is 9.97 Å². The van der Waals surface area contributed by atoms with E-state index in [0.717, 1.165) is 36.2 Å². The lowest BCUT2D eigenvalue weighted by molar-refractivity contribution is 0.557. The molecule has 0 saturated heterocycles. The smallest absolute Gasteiger partial charge is 0.226 e. The lowest BCUT2D eigenvalue weighted by atomic mass is 10.1. The number of hydrogen-bond acceptors (Lipinski definition) is 3. The maximum atomic E-state index is 5.93. The van der Waals surface area contributed by atoms with Crippen molar-refractivity contribution in [2.24, 2.45) is 0 Å². The predicted octanol–water partition coefficient (Wildman–Crippen LogP) is 3.86. The number of hydrogen-bond donors (Lipinski definition) is 0. The quantitative estimate of drug-likeness (QED) is 0.751. The molecule has 0 atom stereocenters. The van der Waals surface area contributed by atoms with E-state index in [2.05, 4.69) is 28.7 Å². The van der Waals surface area contributed by atoms with Gasteiger partial charge in [0.15, 0.2) is 0 Å². The van der Waals surface area contributed by atoms with Gasteiger partial charge in [0.2, 0.25) is 5.95 Å². The molecule has 1 heterocycles. The SMILES string of the molecule is CCC(CC)N(CCCl)c1ncc2ccccc2n1. The van der Waals surface area contributed by atoms with Crippen LogP contribution in [-0.2, 0) is 0 Å². The van der Waals surface area contributed by atoms with Crippen molar-refractivity contribution in [3.63, 3.8) is 0 Å². The molecule has 0 aliphatic rings. The normalized spacial score (nSPS) is 11.2. The highest BCUT2D eigenvalue weighted by Crippen LogP contribution is 2.19. The Labute approximate surface area is 119 Å². The Bertz CT molecular complexity index is 526. The summed E-state index contributed by atoms with van der Waals surface area (Å²) in [6.07, 6.45) is 4.04. The number of benzene rings is 1. The van der Waals surface area contributed by atoms with Crippen molar-refractivity contribution in [2.75, 3.05) is 17.3 Å². The van der Waals surface area contributed by atoms with E-state index in [0.29, 0.717) is 11.9 Å². The molecule has 0 saturated carbocycles. The largest absolute Gasteiger partial charge is 0.337 e. The number of halogens is 1. The summed E-state index contributed by atoms with van der Waals surface area (Å²) in [4.78, 5) is 11.4. The zero-order valence-electron chi connectivity index (χ0n) is 11.5. The monoisotopic (exact) mass is 277 g/mol. The topological polar surface area (TPSA) is 29.0 Å². The van der Waals surface area contributed by atoms with E-state index in [-0.39, 0.29) is 0 Å². The van der Waals surface area contributed by atoms with Crippen molar-refractivity contribution in [3.8, 4) is 0 Å². The van der Waals surface area contributed by atoms with Crippen LogP contribution in [0.25, 0.3) is 10.9 Å². The minimum absolute atomic E-state index is 0.444. The molecule has 1 aromatic carbocycles. The molecule has 0 fully saturated rings. The van der Waals surface area contributed by atoms with Crippen molar-refractivity contribution in [2.45, 2.75) is 32.7 Å². The van der Waals surface area contributed by atoms with Crippen LogP contribution in [0.3, 0.4) is 0 Å². The summed E-state index contributed by atoms with van der Waals surface area (Å²) in [6.45, 7) is 5.17. The first kappa shape index (κ1) is 14.1. The fourth-order valence-electron chi connectivity index (χ4n) is 2.37. The van der Waals surface area contributed by atoms with Crippen molar-refractivity contribution >= 4 is 28.5 Å². The molecule has 19 heavy (non-hydrogen) atoms. The molecule has 4 heteroatoms. The number of aromatic nitrogens is 2. The molecule has 0 aliphatic heterocycles. The van der Waals surface area contributed by atoms with Crippen molar-refractivity contribution in [1.29, 1.82) is 0 Å². The van der Waals surface area contributed by atoms with Crippen LogP contribution in [0.5, 0.6) is 0 Å². The third kappa shape index (κ3) is 3.16. The second kappa shape index (κ2) is 6.71. The van der Waals surface area contributed by atoms with Crippen LogP contribution in [0.2, 0.25) is 0 Å². The Morgan fingerprint density at radius 1 is 1.21 bits per heavy atom. The molecule has 0 bridgehead atoms. The zero-order valence-corrected chi connectivity index (χ0v) is 12.3. The van der Waals surface area contributed by atoms with Gasteiger partial charge in [-0.3, -0.25) is 0 Å². The Balaban J connectivity index is 2.37. The second-order valence-corrected chi connectivity index (χ2v) is 4.96. The lowest BCUT2D eigenvalue weighted by Crippen LogP contribution is -2.37. The van der Waals surface area contributed by atoms with Gasteiger partial charge in [-0.1, -0.05) is 32.0 Å². The number of rotatable bonds is 6. The molecule has 0 radical (unpaired) electrons. The molecule has 0 unspecified atom stereocenters. The van der Waals surface area contributed by atoms with Crippen LogP contribution in [0.1, 0.15) is 26.7 Å². The Morgan fingerprint density at radius 2 is 1.95 bits per heavy atom. The number of alkyl halides is 1. The van der Waals surface area contributed by atoms with Crippen molar-refractivity contribution < 1.29 is 0 Å². The number of nitrogens with zero attached hydrogens (tertiary/aromatic N) is 3. The fourth-order valence-corrected chi connectivity index (χ4v) is 2.55. The van der Waals surface area contributed by atoms with E-state index in [4.69, 9.17) is 11.6 Å². The minimum atomic E-state index is 0.444. The van der Waals surface area contributed by atoms with Crippen LogP contribution < -0.4 is 4.90 Å². The number of fused-ring (bicyclic) bond motifs is 1. The van der Waals surface area contributed by atoms with E-state index < -0.39 is 0 Å². The average molecular weight is 278 g/mol. The molecule has 0 N–H and O–H groups in total. The molecular formula is C15H20ClN3. The van der Waals surface area contributed by atoms with E-state index in [1.54, 1.807) is 0 Å². The van der Waals surface area contributed by atoms with Crippen LogP contribution in [0.15, 0.2) is 30.5 Å². The van der Waals surface area contributed by atoms with Crippen LogP contribution in [-0.4, -0.2) is 28.4 Å². The van der Waals surface area contributed by atoms with Crippen molar-refractivity contribution in [3.05, 3.63) is 30.5 Å². The highest BCUT2D eigenvalue weighted by atomic mass is 35.5. The maximum absolute atomic E-state index is 5.93. The summed E-state index contributed by atoms with van der Waals surface area (Å²) in [5.74, 6) is 1.38. The lowest BCUT2D eigenvalue weighted by Gasteiger charge is -2.30. The zero-order chi connectivity index (χ0) is 13.7. The van der Waals surface area contributed by atoms with Gasteiger partial charge in [-0.15, -0.1) is 11.6 Å². The van der Waals surface area contributed by atoms with Gasteiger partial charge in [-0.2, -0.15) is 0 Å². The van der Waals surface area contributed by atoms with Crippen LogP contribution >= 0.6 is 11.6 Å². The third-order valence-corrected chi connectivity index (χ3v) is 3.61. The fraction of sp³-hybridized carbons (Fsp3) is 0.467. The first-order valence-electron chi connectivity index (χ1n) is 6.84. The molecule has 2 aromatic rings. The maximum Gasteiger partial charge on any atom is 0.226 e. The second-order valence-electron chi connectivity index (χ2n) is 4.58. The minimum Gasteiger partial charge on any atom is -0.337 e. The van der Waals surface area contributed by atoms with Gasteiger partial charge in [0.1, 0.15) is 0 Å². The molecule has 0 aliphatic carbocycles. The van der Waals surface area contributed by atoms with Crippen LogP contribution in [0, 0.1) is 0 Å². The van der Waals surface area contributed by atoms with Gasteiger partial charge >= 0.3 is 0 Å². The summed E-state index contributed by atoms with van der Waals surface area (Å²) < 4.78 is 0. The van der Waals surface area contributed by atoms with E-state index in [1.807, 2.05) is 30.5 Å². The highest BCUT2D eigenvalue weighted by Gasteiger charge is 2.17. The third-order valence-electron chi connectivity index (χ3n) is 3.44. The summed E-state index contributed by atoms with van der Waals surface area (Å²) in [5.41, 5.74) is 0.984. The molecule has 3 nitrogen and oxygen atoms in total. The standard InChI is InChI=1S/C15H20ClN3/c1-3-13(4-2)19(10-9-16)15-17-11-12-7-5-6-8-14(12)18-15/h5-8,11,13H,3-4,9-10H2,1-2H3. The summed E-state index contributed by atoms with van der Waals surface area (Å²) in [7, 11) is 0. The van der Waals surface area contributed by atoms with Gasteiger partial charge in [0, 0.05) is 30.0 Å². The predicted molar refractivity (Wildman–Crippen MR) is 82.0 cm³/mol. The van der Waals surface area contributed by atoms with Gasteiger partial charge in [0.25, 0.3) is 0 Å². The Hall–Kier alpha value is -1.35. The first-order chi connectivity index (χ1) is 9.30. The van der Waals surface area contributed by atoms with Gasteiger partial charge in [-0.05, 0) is 18.9 Å². The molecule has 0 amide bonds. The molecule has 1 aromatic heterocycles. The van der Waals surface area contributed by atoms with Crippen LogP contribution in [0.4, 0.5) is 5.95 Å². The molecule has 2 rings (SSSR count). The number of para-hydroxylation sites is 1. The van der Waals surface area contributed by atoms with E-state index >= 15 is 0 Å². The number of anilines is 1. The Morgan fingerprint density at radius 3 is 2.63 bits per heavy atom. The average Bonchev–Trinajstić information content (AvgIpc) is 2.47. The van der Waals surface area contributed by atoms with Gasteiger partial charge < -0.3 is 4.90 Å². The summed E-state index contributed by atoms with van der Waals surface area (Å²) in [6, 6.07) is 8.50. The first-order valence-corrected chi connectivity index (χ1v) is 7.38. The van der Waals surface area contributed by atoms with Gasteiger partial charge in [0.05, 0.1) is 5.52 Å². The van der Waals surface area contributed by atoms with E-state index in [1.165, 1.54) is 0 Å². The Kier molecular flexibility index (Phi) is 4.97. The molecular weight excluding hydrogens is 258 g/mol. The summed E-state index contributed by atoms with van der Waals surface area (Å²) >= 11 is 5.93. The van der Waals surface area contributed by atoms with Crippen molar-refractivity contribution in [1.82, 2.24) is 9.97 Å². The highest BCUT2D eigenvalue weighted by molar-refractivity contribution is 6.18. The molecule has 0 spiro atoms.